The van der Waals surface area contributed by atoms with E-state index in [1.807, 2.05) is 0 Å². The molecule has 1 amide bonds. The van der Waals surface area contributed by atoms with Crippen molar-refractivity contribution in [2.45, 2.75) is 32.4 Å². The van der Waals surface area contributed by atoms with Gasteiger partial charge in [0.1, 0.15) is 0 Å². The molecule has 0 aliphatic rings. The highest BCUT2D eigenvalue weighted by Gasteiger charge is 2.28. The van der Waals surface area contributed by atoms with Gasteiger partial charge in [0.25, 0.3) is 5.69 Å². The molecule has 2 unspecified atom stereocenters. The molecule has 0 saturated carbocycles. The molecule has 0 heterocycles. The first-order valence-corrected chi connectivity index (χ1v) is 9.29. The topological polar surface area (TPSA) is 137 Å². The molecular weight excluding hydrogens is 367 g/mol. The summed E-state index contributed by atoms with van der Waals surface area (Å²) in [6.07, 6.45) is -0.181. The molecule has 10 nitrogen and oxygen atoms in total. The summed E-state index contributed by atoms with van der Waals surface area (Å²) in [7, 11) is -1.76. The van der Waals surface area contributed by atoms with Crippen molar-refractivity contribution in [1.29, 1.82) is 0 Å². The van der Waals surface area contributed by atoms with Gasteiger partial charge in [-0.05, 0) is 25.0 Å². The molecule has 0 bridgehead atoms. The maximum Gasteiger partial charge on any atom is 0.472 e. The molecule has 1 aromatic rings. The van der Waals surface area contributed by atoms with Crippen molar-refractivity contribution < 1.29 is 33.0 Å². The largest absolute Gasteiger partial charge is 0.472 e. The lowest BCUT2D eigenvalue weighted by atomic mass is 10.0. The SMILES string of the molecule is COCCCC(=O)NCc1ccc([N+](=O)[O-])c(C(C)OP(=O)(O)OC)c1. The van der Waals surface area contributed by atoms with Crippen LogP contribution >= 0.6 is 7.82 Å². The first kappa shape index (κ1) is 22.2. The summed E-state index contributed by atoms with van der Waals surface area (Å²) in [4.78, 5) is 31.7. The molecule has 2 atom stereocenters. The molecule has 0 aliphatic carbocycles. The number of nitro groups is 1. The van der Waals surface area contributed by atoms with Crippen LogP contribution in [0.5, 0.6) is 0 Å². The summed E-state index contributed by atoms with van der Waals surface area (Å²) in [5.41, 5.74) is 0.433. The highest BCUT2D eigenvalue weighted by Crippen LogP contribution is 2.48. The summed E-state index contributed by atoms with van der Waals surface area (Å²) >= 11 is 0. The third kappa shape index (κ3) is 7.19. The fourth-order valence-corrected chi connectivity index (χ4v) is 2.77. The van der Waals surface area contributed by atoms with E-state index in [4.69, 9.17) is 9.26 Å². The highest BCUT2D eigenvalue weighted by molar-refractivity contribution is 7.47. The Balaban J connectivity index is 2.88. The van der Waals surface area contributed by atoms with Gasteiger partial charge < -0.3 is 14.9 Å². The number of benzene rings is 1. The first-order valence-electron chi connectivity index (χ1n) is 7.80. The van der Waals surface area contributed by atoms with Crippen molar-refractivity contribution in [3.63, 3.8) is 0 Å². The number of methoxy groups -OCH3 is 1. The Morgan fingerprint density at radius 2 is 2.12 bits per heavy atom. The third-order valence-corrected chi connectivity index (χ3v) is 4.53. The molecule has 26 heavy (non-hydrogen) atoms. The lowest BCUT2D eigenvalue weighted by Crippen LogP contribution is -2.23. The van der Waals surface area contributed by atoms with Crippen LogP contribution in [-0.4, -0.2) is 36.6 Å². The van der Waals surface area contributed by atoms with Gasteiger partial charge in [0.2, 0.25) is 5.91 Å². The number of nitrogens with one attached hydrogen (secondary N) is 1. The number of carbonyl (C=O) groups is 1. The number of ether oxygens (including phenoxy) is 1. The summed E-state index contributed by atoms with van der Waals surface area (Å²) < 4.78 is 25.6. The predicted molar refractivity (Wildman–Crippen MR) is 92.4 cm³/mol. The van der Waals surface area contributed by atoms with Crippen LogP contribution in [0.1, 0.15) is 37.0 Å². The fraction of sp³-hybridized carbons (Fsp3) is 0.533. The molecule has 0 aliphatic heterocycles. The minimum absolute atomic E-state index is 0.104. The van der Waals surface area contributed by atoms with Crippen LogP contribution in [0, 0.1) is 10.1 Å². The van der Waals surface area contributed by atoms with E-state index in [0.29, 0.717) is 25.0 Å². The predicted octanol–water partition coefficient (Wildman–Crippen LogP) is 2.46. The molecule has 0 aromatic heterocycles. The maximum atomic E-state index is 11.7. The van der Waals surface area contributed by atoms with Gasteiger partial charge in [0.15, 0.2) is 0 Å². The van der Waals surface area contributed by atoms with E-state index in [1.54, 1.807) is 7.11 Å². The van der Waals surface area contributed by atoms with Gasteiger partial charge in [-0.2, -0.15) is 0 Å². The minimum atomic E-state index is -4.31. The average Bonchev–Trinajstić information content (AvgIpc) is 2.59. The number of nitro benzene ring substituents is 1. The van der Waals surface area contributed by atoms with Gasteiger partial charge in [-0.15, -0.1) is 0 Å². The van der Waals surface area contributed by atoms with E-state index in [0.717, 1.165) is 7.11 Å². The Morgan fingerprint density at radius 1 is 1.42 bits per heavy atom. The number of hydrogen-bond donors (Lipinski definition) is 2. The number of amides is 1. The molecule has 0 fully saturated rings. The summed E-state index contributed by atoms with van der Waals surface area (Å²) in [5, 5.41) is 13.9. The van der Waals surface area contributed by atoms with Crippen LogP contribution in [-0.2, 0) is 29.7 Å². The maximum absolute atomic E-state index is 11.7. The molecule has 2 N–H and O–H groups in total. The van der Waals surface area contributed by atoms with E-state index in [2.05, 4.69) is 9.84 Å². The standard InChI is InChI=1S/C15H23N2O8P/c1-11(25-26(21,22)24-3)13-9-12(6-7-14(13)17(19)20)10-16-15(18)5-4-8-23-2/h6-7,9,11H,4-5,8,10H2,1-3H3,(H,16,18)(H,21,22). The summed E-state index contributed by atoms with van der Waals surface area (Å²) in [6.45, 7) is 2.03. The van der Waals surface area contributed by atoms with Gasteiger partial charge in [0, 0.05) is 39.9 Å². The zero-order valence-corrected chi connectivity index (χ0v) is 15.7. The van der Waals surface area contributed by atoms with Crippen molar-refractivity contribution in [2.24, 2.45) is 0 Å². The van der Waals surface area contributed by atoms with Gasteiger partial charge in [0.05, 0.1) is 16.6 Å². The summed E-state index contributed by atoms with van der Waals surface area (Å²) in [5.74, 6) is -0.175. The molecule has 0 radical (unpaired) electrons. The average molecular weight is 390 g/mol. The van der Waals surface area contributed by atoms with Crippen molar-refractivity contribution in [2.75, 3.05) is 20.8 Å². The number of rotatable bonds is 11. The van der Waals surface area contributed by atoms with Gasteiger partial charge >= 0.3 is 7.82 Å². The van der Waals surface area contributed by atoms with Crippen molar-refractivity contribution in [3.8, 4) is 0 Å². The van der Waals surface area contributed by atoms with E-state index in [1.165, 1.54) is 25.1 Å². The Morgan fingerprint density at radius 3 is 2.69 bits per heavy atom. The number of phosphoric acid groups is 1. The quantitative estimate of drug-likeness (QED) is 0.254. The fourth-order valence-electron chi connectivity index (χ4n) is 2.17. The Labute approximate surface area is 151 Å². The first-order chi connectivity index (χ1) is 12.2. The van der Waals surface area contributed by atoms with Crippen LogP contribution in [0.4, 0.5) is 5.69 Å². The number of carbonyl (C=O) groups excluding carboxylic acids is 1. The molecule has 1 aromatic carbocycles. The van der Waals surface area contributed by atoms with E-state index >= 15 is 0 Å². The lowest BCUT2D eigenvalue weighted by Gasteiger charge is -2.17. The molecule has 11 heteroatoms. The zero-order valence-electron chi connectivity index (χ0n) is 14.8. The van der Waals surface area contributed by atoms with Gasteiger partial charge in [-0.3, -0.25) is 24.0 Å². The molecule has 0 saturated heterocycles. The monoisotopic (exact) mass is 390 g/mol. The second-order valence-corrected chi connectivity index (χ2v) is 6.94. The van der Waals surface area contributed by atoms with E-state index in [-0.39, 0.29) is 23.7 Å². The third-order valence-electron chi connectivity index (χ3n) is 3.49. The minimum Gasteiger partial charge on any atom is -0.385 e. The Hall–Kier alpha value is -1.84. The Bertz CT molecular complexity index is 682. The van der Waals surface area contributed by atoms with Gasteiger partial charge in [-0.25, -0.2) is 4.57 Å². The van der Waals surface area contributed by atoms with Gasteiger partial charge in [-0.1, -0.05) is 6.07 Å². The van der Waals surface area contributed by atoms with Crippen molar-refractivity contribution in [3.05, 3.63) is 39.4 Å². The van der Waals surface area contributed by atoms with Crippen LogP contribution in [0.15, 0.2) is 18.2 Å². The highest BCUT2D eigenvalue weighted by atomic mass is 31.2. The normalized spacial score (nSPS) is 14.5. The lowest BCUT2D eigenvalue weighted by molar-refractivity contribution is -0.386. The zero-order chi connectivity index (χ0) is 19.7. The number of phosphoric ester groups is 1. The second-order valence-electron chi connectivity index (χ2n) is 5.42. The van der Waals surface area contributed by atoms with Crippen LogP contribution < -0.4 is 5.32 Å². The number of hydrogen-bond acceptors (Lipinski definition) is 7. The number of nitrogens with zero attached hydrogens (tertiary/aromatic N) is 1. The molecule has 0 spiro atoms. The molecular formula is C15H23N2O8P. The van der Waals surface area contributed by atoms with E-state index in [9.17, 15) is 24.4 Å². The van der Waals surface area contributed by atoms with Crippen molar-refractivity contribution in [1.82, 2.24) is 5.32 Å². The van der Waals surface area contributed by atoms with Crippen molar-refractivity contribution >= 4 is 19.4 Å². The van der Waals surface area contributed by atoms with E-state index < -0.39 is 18.8 Å². The summed E-state index contributed by atoms with van der Waals surface area (Å²) in [6, 6.07) is 4.21. The smallest absolute Gasteiger partial charge is 0.385 e. The molecule has 146 valence electrons. The Kier molecular flexibility index (Phi) is 8.83. The second kappa shape index (κ2) is 10.3. The van der Waals surface area contributed by atoms with Crippen LogP contribution in [0.25, 0.3) is 0 Å². The van der Waals surface area contributed by atoms with Crippen LogP contribution in [0.3, 0.4) is 0 Å². The van der Waals surface area contributed by atoms with Crippen LogP contribution in [0.2, 0.25) is 0 Å². The molecule has 1 rings (SSSR count).